The second-order valence-corrected chi connectivity index (χ2v) is 7.48. The number of aromatic nitrogens is 2. The van der Waals surface area contributed by atoms with Gasteiger partial charge in [-0.3, -0.25) is 0 Å². The zero-order chi connectivity index (χ0) is 18.1. The first kappa shape index (κ1) is 18.3. The molecule has 1 aromatic carbocycles. The lowest BCUT2D eigenvalue weighted by atomic mass is 9.95. The second-order valence-electron chi connectivity index (χ2n) is 6.22. The van der Waals surface area contributed by atoms with Crippen LogP contribution in [0.25, 0.3) is 16.9 Å². The van der Waals surface area contributed by atoms with Crippen LogP contribution in [0.3, 0.4) is 0 Å². The quantitative estimate of drug-likeness (QED) is 0.461. The first-order valence-corrected chi connectivity index (χ1v) is 9.69. The van der Waals surface area contributed by atoms with Crippen LogP contribution >= 0.6 is 27.5 Å². The number of ether oxygens (including phenoxy) is 1. The summed E-state index contributed by atoms with van der Waals surface area (Å²) >= 11 is 10.2. The van der Waals surface area contributed by atoms with E-state index in [1.165, 1.54) is 5.56 Å². The third-order valence-corrected chi connectivity index (χ3v) is 5.72. The van der Waals surface area contributed by atoms with E-state index in [1.54, 1.807) is 7.11 Å². The van der Waals surface area contributed by atoms with Gasteiger partial charge in [0.2, 0.25) is 0 Å². The molecular weight excluding hydrogens is 400 g/mol. The number of pyridine rings is 1. The molecule has 3 nitrogen and oxygen atoms in total. The summed E-state index contributed by atoms with van der Waals surface area (Å²) < 4.78 is 8.41. The fourth-order valence-electron chi connectivity index (χ4n) is 3.29. The molecule has 0 fully saturated rings. The molecule has 0 N–H and O–H groups in total. The van der Waals surface area contributed by atoms with Crippen LogP contribution in [-0.4, -0.2) is 16.5 Å². The van der Waals surface area contributed by atoms with Crippen LogP contribution in [0, 0.1) is 6.92 Å². The Kier molecular flexibility index (Phi) is 5.40. The molecule has 0 saturated heterocycles. The maximum absolute atomic E-state index is 6.47. The van der Waals surface area contributed by atoms with Crippen molar-refractivity contribution in [2.24, 2.45) is 0 Å². The third kappa shape index (κ3) is 3.30. The Morgan fingerprint density at radius 3 is 2.56 bits per heavy atom. The summed E-state index contributed by atoms with van der Waals surface area (Å²) in [5, 5.41) is 0.641. The molecule has 0 saturated carbocycles. The van der Waals surface area contributed by atoms with Gasteiger partial charge in [-0.15, -0.1) is 0 Å². The summed E-state index contributed by atoms with van der Waals surface area (Å²) in [4.78, 5) is 4.84. The van der Waals surface area contributed by atoms with E-state index in [9.17, 15) is 0 Å². The van der Waals surface area contributed by atoms with Crippen LogP contribution < -0.4 is 4.74 Å². The lowest BCUT2D eigenvalue weighted by molar-refractivity contribution is 0.415. The summed E-state index contributed by atoms with van der Waals surface area (Å²) in [6, 6.07) is 7.89. The number of aryl methyl sites for hydroxylation is 1. The Hall–Kier alpha value is -1.52. The van der Waals surface area contributed by atoms with Crippen molar-refractivity contribution >= 4 is 33.2 Å². The monoisotopic (exact) mass is 420 g/mol. The summed E-state index contributed by atoms with van der Waals surface area (Å²) in [6.45, 7) is 6.55. The molecule has 0 unspecified atom stereocenters. The predicted octanol–water partition coefficient (Wildman–Crippen LogP) is 6.64. The van der Waals surface area contributed by atoms with E-state index in [-0.39, 0.29) is 0 Å². The van der Waals surface area contributed by atoms with Crippen LogP contribution in [0.4, 0.5) is 0 Å². The molecule has 3 aromatic rings. The summed E-state index contributed by atoms with van der Waals surface area (Å²) in [5.74, 6) is 1.29. The molecule has 5 heteroatoms. The fraction of sp³-hybridized carbons (Fsp3) is 0.350. The van der Waals surface area contributed by atoms with E-state index in [1.807, 2.05) is 18.2 Å². The predicted molar refractivity (Wildman–Crippen MR) is 108 cm³/mol. The Bertz CT molecular complexity index is 916. The number of methoxy groups -OCH3 is 1. The van der Waals surface area contributed by atoms with Crippen LogP contribution in [0.5, 0.6) is 5.75 Å². The number of hydrogen-bond acceptors (Lipinski definition) is 2. The summed E-state index contributed by atoms with van der Waals surface area (Å²) in [5.41, 5.74) is 5.14. The van der Waals surface area contributed by atoms with Crippen molar-refractivity contribution in [2.75, 3.05) is 7.11 Å². The van der Waals surface area contributed by atoms with Crippen LogP contribution in [0.2, 0.25) is 5.02 Å². The van der Waals surface area contributed by atoms with Crippen molar-refractivity contribution in [1.82, 2.24) is 9.38 Å². The number of halogens is 2. The lowest BCUT2D eigenvalue weighted by Crippen LogP contribution is -1.99. The molecule has 0 amide bonds. The summed E-state index contributed by atoms with van der Waals surface area (Å²) in [6.07, 6.45) is 4.46. The highest BCUT2D eigenvalue weighted by Gasteiger charge is 2.18. The van der Waals surface area contributed by atoms with Crippen LogP contribution in [-0.2, 0) is 0 Å². The van der Waals surface area contributed by atoms with E-state index in [0.717, 1.165) is 45.7 Å². The highest BCUT2D eigenvalue weighted by molar-refractivity contribution is 9.10. The van der Waals surface area contributed by atoms with Gasteiger partial charge in [-0.1, -0.05) is 25.4 Å². The highest BCUT2D eigenvalue weighted by Crippen LogP contribution is 2.35. The first-order chi connectivity index (χ1) is 12.0. The molecule has 2 heterocycles. The number of hydrogen-bond donors (Lipinski definition) is 0. The Balaban J connectivity index is 2.19. The van der Waals surface area contributed by atoms with Gasteiger partial charge in [0.1, 0.15) is 5.75 Å². The zero-order valence-electron chi connectivity index (χ0n) is 14.9. The van der Waals surface area contributed by atoms with Crippen molar-refractivity contribution in [2.45, 2.75) is 39.5 Å². The molecule has 0 aliphatic heterocycles. The molecule has 0 aliphatic rings. The van der Waals surface area contributed by atoms with Crippen molar-refractivity contribution < 1.29 is 4.74 Å². The minimum atomic E-state index is 0.551. The number of rotatable bonds is 5. The van der Waals surface area contributed by atoms with Crippen molar-refractivity contribution in [1.29, 1.82) is 0 Å². The first-order valence-electron chi connectivity index (χ1n) is 8.52. The average Bonchev–Trinajstić information content (AvgIpc) is 2.93. The van der Waals surface area contributed by atoms with E-state index in [4.69, 9.17) is 21.3 Å². The summed E-state index contributed by atoms with van der Waals surface area (Å²) in [7, 11) is 1.64. The SMILES string of the molecule is CCC(CC)c1cc(Br)c2nc(-c3ccc(OC)cc3Cl)c(C)n2c1. The Labute approximate surface area is 162 Å². The van der Waals surface area contributed by atoms with Gasteiger partial charge in [0, 0.05) is 17.5 Å². The third-order valence-electron chi connectivity index (χ3n) is 4.82. The van der Waals surface area contributed by atoms with Crippen molar-refractivity contribution in [3.63, 3.8) is 0 Å². The van der Waals surface area contributed by atoms with Crippen molar-refractivity contribution in [3.8, 4) is 17.0 Å². The van der Waals surface area contributed by atoms with Crippen LogP contribution in [0.15, 0.2) is 34.9 Å². The van der Waals surface area contributed by atoms with Crippen LogP contribution in [0.1, 0.15) is 43.9 Å². The topological polar surface area (TPSA) is 26.5 Å². The van der Waals surface area contributed by atoms with E-state index in [0.29, 0.717) is 10.9 Å². The minimum absolute atomic E-state index is 0.551. The van der Waals surface area contributed by atoms with Crippen molar-refractivity contribution in [3.05, 3.63) is 51.2 Å². The maximum atomic E-state index is 6.47. The molecule has 0 radical (unpaired) electrons. The number of benzene rings is 1. The molecule has 2 aromatic heterocycles. The Morgan fingerprint density at radius 1 is 1.24 bits per heavy atom. The highest BCUT2D eigenvalue weighted by atomic mass is 79.9. The normalized spacial score (nSPS) is 11.5. The van der Waals surface area contributed by atoms with E-state index < -0.39 is 0 Å². The molecule has 25 heavy (non-hydrogen) atoms. The number of fused-ring (bicyclic) bond motifs is 1. The van der Waals surface area contributed by atoms with Gasteiger partial charge in [-0.2, -0.15) is 0 Å². The Morgan fingerprint density at radius 2 is 1.96 bits per heavy atom. The molecule has 0 bridgehead atoms. The molecule has 3 rings (SSSR count). The van der Waals surface area contributed by atoms with Gasteiger partial charge in [-0.25, -0.2) is 4.98 Å². The lowest BCUT2D eigenvalue weighted by Gasteiger charge is -2.14. The maximum Gasteiger partial charge on any atom is 0.152 e. The standard InChI is InChI=1S/C20H22BrClN2O/c1-5-13(6-2)14-9-17(21)20-23-19(12(3)24(20)11-14)16-8-7-15(25-4)10-18(16)22/h7-11,13H,5-6H2,1-4H3. The van der Waals surface area contributed by atoms with E-state index >= 15 is 0 Å². The zero-order valence-corrected chi connectivity index (χ0v) is 17.3. The van der Waals surface area contributed by atoms with Gasteiger partial charge < -0.3 is 9.14 Å². The van der Waals surface area contributed by atoms with Gasteiger partial charge in [0.15, 0.2) is 5.65 Å². The second kappa shape index (κ2) is 7.38. The molecule has 0 atom stereocenters. The minimum Gasteiger partial charge on any atom is -0.497 e. The molecule has 132 valence electrons. The molecular formula is C20H22BrClN2O. The fourth-order valence-corrected chi connectivity index (χ4v) is 4.09. The largest absolute Gasteiger partial charge is 0.497 e. The smallest absolute Gasteiger partial charge is 0.152 e. The van der Waals surface area contributed by atoms with Gasteiger partial charge in [0.05, 0.1) is 22.3 Å². The van der Waals surface area contributed by atoms with Gasteiger partial charge in [0.25, 0.3) is 0 Å². The van der Waals surface area contributed by atoms with E-state index in [2.05, 4.69) is 53.4 Å². The average molecular weight is 422 g/mol. The number of imidazole rings is 1. The number of nitrogens with zero attached hydrogens (tertiary/aromatic N) is 2. The van der Waals surface area contributed by atoms with Gasteiger partial charge >= 0.3 is 0 Å². The molecule has 0 spiro atoms. The van der Waals surface area contributed by atoms with Gasteiger partial charge in [-0.05, 0) is 71.4 Å². The molecule has 0 aliphatic carbocycles.